The number of aliphatic hydroxyl groups is 2. The number of aliphatic hydroxyl groups excluding tert-OH is 2. The van der Waals surface area contributed by atoms with Gasteiger partial charge in [0.1, 0.15) is 35.9 Å². The standard InChI is InChI=1S/C24H23FN4O4/c25-17-6-7-20(21(10-17)32-14-16-8-18(31)9-16)29-23-19(11-26-29)24(28-22(12-30)27-23)33-13-15-4-2-1-3-5-15/h1-7,10-11,16,18,30-31H,8-9,12-14H2. The minimum absolute atomic E-state index is 0.181. The molecule has 33 heavy (non-hydrogen) atoms. The Kier molecular flexibility index (Phi) is 5.89. The van der Waals surface area contributed by atoms with Gasteiger partial charge in [-0.05, 0) is 36.5 Å². The van der Waals surface area contributed by atoms with Crippen molar-refractivity contribution in [3.05, 3.63) is 71.9 Å². The number of halogens is 1. The van der Waals surface area contributed by atoms with E-state index in [9.17, 15) is 14.6 Å². The van der Waals surface area contributed by atoms with E-state index in [0.717, 1.165) is 5.56 Å². The van der Waals surface area contributed by atoms with Gasteiger partial charge in [0, 0.05) is 6.07 Å². The van der Waals surface area contributed by atoms with Gasteiger partial charge in [-0.25, -0.2) is 14.1 Å². The van der Waals surface area contributed by atoms with E-state index in [1.807, 2.05) is 30.3 Å². The highest BCUT2D eigenvalue weighted by molar-refractivity contribution is 5.82. The maximum atomic E-state index is 14.0. The van der Waals surface area contributed by atoms with Gasteiger partial charge in [-0.15, -0.1) is 0 Å². The summed E-state index contributed by atoms with van der Waals surface area (Å²) in [6.07, 6.45) is 2.63. The van der Waals surface area contributed by atoms with Crippen LogP contribution in [0.2, 0.25) is 0 Å². The predicted molar refractivity (Wildman–Crippen MR) is 118 cm³/mol. The van der Waals surface area contributed by atoms with Crippen molar-refractivity contribution in [1.82, 2.24) is 19.7 Å². The van der Waals surface area contributed by atoms with Gasteiger partial charge in [0.05, 0.1) is 18.9 Å². The minimum atomic E-state index is -0.434. The Hall–Kier alpha value is -3.56. The third-order valence-corrected chi connectivity index (χ3v) is 5.63. The second-order valence-electron chi connectivity index (χ2n) is 8.09. The zero-order chi connectivity index (χ0) is 22.8. The summed E-state index contributed by atoms with van der Waals surface area (Å²) in [6, 6.07) is 13.9. The molecule has 5 rings (SSSR count). The smallest absolute Gasteiger partial charge is 0.228 e. The molecule has 0 unspecified atom stereocenters. The molecule has 1 aliphatic rings. The van der Waals surface area contributed by atoms with E-state index in [-0.39, 0.29) is 24.5 Å². The summed E-state index contributed by atoms with van der Waals surface area (Å²) in [5.74, 6) is 0.591. The van der Waals surface area contributed by atoms with Crippen LogP contribution >= 0.6 is 0 Å². The first-order valence-electron chi connectivity index (χ1n) is 10.7. The summed E-state index contributed by atoms with van der Waals surface area (Å²) in [4.78, 5) is 8.73. The van der Waals surface area contributed by atoms with Crippen LogP contribution in [0.1, 0.15) is 24.2 Å². The molecule has 1 saturated carbocycles. The summed E-state index contributed by atoms with van der Waals surface area (Å²) in [6.45, 7) is 0.287. The summed E-state index contributed by atoms with van der Waals surface area (Å²) in [7, 11) is 0. The highest BCUT2D eigenvalue weighted by Crippen LogP contribution is 2.32. The molecule has 2 N–H and O–H groups in total. The first-order chi connectivity index (χ1) is 16.1. The van der Waals surface area contributed by atoms with Gasteiger partial charge in [0.15, 0.2) is 11.5 Å². The van der Waals surface area contributed by atoms with Crippen LogP contribution in [0.25, 0.3) is 16.7 Å². The maximum absolute atomic E-state index is 14.0. The number of hydrogen-bond donors (Lipinski definition) is 2. The molecular weight excluding hydrogens is 427 g/mol. The number of nitrogens with zero attached hydrogens (tertiary/aromatic N) is 4. The first-order valence-corrected chi connectivity index (χ1v) is 10.7. The Morgan fingerprint density at radius 2 is 1.88 bits per heavy atom. The fraction of sp³-hybridized carbons (Fsp3) is 0.292. The molecule has 8 nitrogen and oxygen atoms in total. The van der Waals surface area contributed by atoms with Crippen LogP contribution in [0.15, 0.2) is 54.7 Å². The van der Waals surface area contributed by atoms with Crippen LogP contribution in [0.5, 0.6) is 11.6 Å². The van der Waals surface area contributed by atoms with E-state index in [1.165, 1.54) is 16.8 Å². The number of benzene rings is 2. The molecule has 0 radical (unpaired) electrons. The zero-order valence-electron chi connectivity index (χ0n) is 17.8. The van der Waals surface area contributed by atoms with Gasteiger partial charge < -0.3 is 19.7 Å². The molecule has 1 aliphatic carbocycles. The van der Waals surface area contributed by atoms with E-state index in [2.05, 4.69) is 15.1 Å². The molecule has 0 spiro atoms. The second kappa shape index (κ2) is 9.13. The molecular formula is C24H23FN4O4. The highest BCUT2D eigenvalue weighted by atomic mass is 19.1. The Balaban J connectivity index is 1.48. The van der Waals surface area contributed by atoms with E-state index in [1.54, 1.807) is 12.3 Å². The van der Waals surface area contributed by atoms with Crippen LogP contribution in [-0.4, -0.2) is 42.7 Å². The minimum Gasteiger partial charge on any atom is -0.491 e. The van der Waals surface area contributed by atoms with E-state index >= 15 is 0 Å². The topological polar surface area (TPSA) is 103 Å². The third kappa shape index (κ3) is 4.50. The van der Waals surface area contributed by atoms with Crippen LogP contribution in [0, 0.1) is 11.7 Å². The molecule has 2 aromatic carbocycles. The monoisotopic (exact) mass is 450 g/mol. The summed E-state index contributed by atoms with van der Waals surface area (Å²) < 4.78 is 27.4. The van der Waals surface area contributed by atoms with E-state index < -0.39 is 5.82 Å². The Labute approximate surface area is 189 Å². The molecule has 0 atom stereocenters. The molecule has 0 bridgehead atoms. The Bertz CT molecular complexity index is 1260. The average molecular weight is 450 g/mol. The summed E-state index contributed by atoms with van der Waals surface area (Å²) in [5.41, 5.74) is 1.88. The van der Waals surface area contributed by atoms with Crippen LogP contribution in [0.3, 0.4) is 0 Å². The van der Waals surface area contributed by atoms with Crippen LogP contribution < -0.4 is 9.47 Å². The SMILES string of the molecule is OCc1nc(OCc2ccccc2)c2cnn(-c3ccc(F)cc3OCC3CC(O)C3)c2n1. The van der Waals surface area contributed by atoms with Gasteiger partial charge in [-0.3, -0.25) is 0 Å². The van der Waals surface area contributed by atoms with Crippen molar-refractivity contribution in [2.24, 2.45) is 5.92 Å². The lowest BCUT2D eigenvalue weighted by Gasteiger charge is -2.31. The van der Waals surface area contributed by atoms with Crippen molar-refractivity contribution in [1.29, 1.82) is 0 Å². The lowest BCUT2D eigenvalue weighted by molar-refractivity contribution is 0.0202. The molecule has 0 aliphatic heterocycles. The van der Waals surface area contributed by atoms with E-state index in [0.29, 0.717) is 54.4 Å². The summed E-state index contributed by atoms with van der Waals surface area (Å²) >= 11 is 0. The normalized spacial score (nSPS) is 17.7. The molecule has 0 saturated heterocycles. The van der Waals surface area contributed by atoms with Gasteiger partial charge in [0.2, 0.25) is 5.88 Å². The molecule has 2 heterocycles. The molecule has 170 valence electrons. The number of hydrogen-bond acceptors (Lipinski definition) is 7. The number of fused-ring (bicyclic) bond motifs is 1. The van der Waals surface area contributed by atoms with Crippen LogP contribution in [-0.2, 0) is 13.2 Å². The lowest BCUT2D eigenvalue weighted by Crippen LogP contribution is -2.32. The lowest BCUT2D eigenvalue weighted by atomic mass is 9.83. The van der Waals surface area contributed by atoms with Crippen molar-refractivity contribution in [3.63, 3.8) is 0 Å². The van der Waals surface area contributed by atoms with E-state index in [4.69, 9.17) is 9.47 Å². The Morgan fingerprint density at radius 1 is 1.06 bits per heavy atom. The first kappa shape index (κ1) is 21.3. The quantitative estimate of drug-likeness (QED) is 0.425. The van der Waals surface area contributed by atoms with Crippen molar-refractivity contribution in [3.8, 4) is 17.3 Å². The molecule has 0 amide bonds. The predicted octanol–water partition coefficient (Wildman–Crippen LogP) is 3.18. The highest BCUT2D eigenvalue weighted by Gasteiger charge is 2.28. The molecule has 4 aromatic rings. The summed E-state index contributed by atoms with van der Waals surface area (Å²) in [5, 5.41) is 24.2. The average Bonchev–Trinajstić information content (AvgIpc) is 3.24. The number of rotatable bonds is 8. The van der Waals surface area contributed by atoms with Crippen molar-refractivity contribution < 1.29 is 24.1 Å². The van der Waals surface area contributed by atoms with Crippen LogP contribution in [0.4, 0.5) is 4.39 Å². The maximum Gasteiger partial charge on any atom is 0.228 e. The van der Waals surface area contributed by atoms with Crippen molar-refractivity contribution in [2.45, 2.75) is 32.2 Å². The second-order valence-corrected chi connectivity index (χ2v) is 8.09. The zero-order valence-corrected chi connectivity index (χ0v) is 17.8. The fourth-order valence-electron chi connectivity index (χ4n) is 3.83. The number of ether oxygens (including phenoxy) is 2. The fourth-order valence-corrected chi connectivity index (χ4v) is 3.83. The molecule has 1 fully saturated rings. The largest absolute Gasteiger partial charge is 0.491 e. The molecule has 9 heteroatoms. The van der Waals surface area contributed by atoms with Crippen molar-refractivity contribution in [2.75, 3.05) is 6.61 Å². The van der Waals surface area contributed by atoms with Gasteiger partial charge in [0.25, 0.3) is 0 Å². The molecule has 2 aromatic heterocycles. The van der Waals surface area contributed by atoms with Crippen molar-refractivity contribution >= 4 is 11.0 Å². The van der Waals surface area contributed by atoms with Gasteiger partial charge in [-0.2, -0.15) is 10.1 Å². The van der Waals surface area contributed by atoms with Gasteiger partial charge >= 0.3 is 0 Å². The van der Waals surface area contributed by atoms with Gasteiger partial charge in [-0.1, -0.05) is 30.3 Å². The number of aromatic nitrogens is 4. The third-order valence-electron chi connectivity index (χ3n) is 5.63. The Morgan fingerprint density at radius 3 is 2.64 bits per heavy atom.